The van der Waals surface area contributed by atoms with Crippen molar-refractivity contribution in [3.05, 3.63) is 82.4 Å². The predicted octanol–water partition coefficient (Wildman–Crippen LogP) is 4.92. The zero-order valence-corrected chi connectivity index (χ0v) is 16.0. The molecule has 0 heterocycles. The molecular weight excluding hydrogens is 372 g/mol. The molecule has 28 heavy (non-hydrogen) atoms. The fourth-order valence-corrected chi connectivity index (χ4v) is 3.82. The number of hydrogen-bond donors (Lipinski definition) is 3. The van der Waals surface area contributed by atoms with Gasteiger partial charge in [-0.2, -0.15) is 0 Å². The first kappa shape index (κ1) is 18.3. The SMILES string of the molecule is CCc1ccc(Nc2cc(SO)c(N)c3c2C(=O)c2ccccc2C3=O)cc1. The van der Waals surface area contributed by atoms with Crippen molar-refractivity contribution in [2.75, 3.05) is 11.1 Å². The van der Waals surface area contributed by atoms with Crippen molar-refractivity contribution in [2.24, 2.45) is 0 Å². The first-order valence-corrected chi connectivity index (χ1v) is 9.64. The highest BCUT2D eigenvalue weighted by atomic mass is 32.2. The molecule has 0 aromatic heterocycles. The van der Waals surface area contributed by atoms with Gasteiger partial charge in [0, 0.05) is 28.9 Å². The van der Waals surface area contributed by atoms with E-state index in [0.29, 0.717) is 33.8 Å². The Morgan fingerprint density at radius 3 is 2.14 bits per heavy atom. The van der Waals surface area contributed by atoms with Crippen LogP contribution < -0.4 is 11.1 Å². The number of nitrogens with one attached hydrogen (secondary N) is 1. The molecule has 4 rings (SSSR count). The summed E-state index contributed by atoms with van der Waals surface area (Å²) in [6, 6.07) is 16.1. The number of anilines is 3. The molecule has 0 atom stereocenters. The van der Waals surface area contributed by atoms with Gasteiger partial charge in [-0.25, -0.2) is 0 Å². The average Bonchev–Trinajstić information content (AvgIpc) is 2.73. The first-order valence-electron chi connectivity index (χ1n) is 8.87. The van der Waals surface area contributed by atoms with Gasteiger partial charge in [-0.3, -0.25) is 9.59 Å². The Labute approximate surface area is 166 Å². The van der Waals surface area contributed by atoms with Crippen molar-refractivity contribution in [1.29, 1.82) is 0 Å². The Morgan fingerprint density at radius 2 is 1.57 bits per heavy atom. The summed E-state index contributed by atoms with van der Waals surface area (Å²) in [5.41, 5.74) is 9.71. The van der Waals surface area contributed by atoms with Crippen molar-refractivity contribution < 1.29 is 14.1 Å². The van der Waals surface area contributed by atoms with Gasteiger partial charge in [-0.1, -0.05) is 43.3 Å². The van der Waals surface area contributed by atoms with E-state index >= 15 is 0 Å². The number of fused-ring (bicyclic) bond motifs is 2. The largest absolute Gasteiger partial charge is 0.397 e. The lowest BCUT2D eigenvalue weighted by atomic mass is 9.82. The van der Waals surface area contributed by atoms with Crippen LogP contribution in [0.5, 0.6) is 0 Å². The molecule has 4 N–H and O–H groups in total. The van der Waals surface area contributed by atoms with E-state index < -0.39 is 0 Å². The summed E-state index contributed by atoms with van der Waals surface area (Å²) >= 11 is 0.455. The molecular formula is C22H18N2O3S. The standard InChI is InChI=1S/C22H18N2O3S/c1-2-12-7-9-13(10-8-12)24-16-11-17(28-27)20(23)19-18(16)21(25)14-5-3-4-6-15(14)22(19)26/h3-11,24,27H,2,23H2,1H3. The highest BCUT2D eigenvalue weighted by Crippen LogP contribution is 2.41. The van der Waals surface area contributed by atoms with E-state index in [1.54, 1.807) is 30.3 Å². The Bertz CT molecular complexity index is 1110. The predicted molar refractivity (Wildman–Crippen MR) is 112 cm³/mol. The zero-order valence-electron chi connectivity index (χ0n) is 15.2. The summed E-state index contributed by atoms with van der Waals surface area (Å²) in [7, 11) is 0. The molecule has 5 nitrogen and oxygen atoms in total. The fraction of sp³-hybridized carbons (Fsp3) is 0.0909. The van der Waals surface area contributed by atoms with E-state index in [4.69, 9.17) is 5.73 Å². The van der Waals surface area contributed by atoms with Gasteiger partial charge in [0.05, 0.1) is 27.4 Å². The molecule has 3 aromatic carbocycles. The van der Waals surface area contributed by atoms with Crippen LogP contribution in [-0.4, -0.2) is 16.1 Å². The van der Waals surface area contributed by atoms with E-state index in [1.807, 2.05) is 24.3 Å². The van der Waals surface area contributed by atoms with Crippen LogP contribution in [0.3, 0.4) is 0 Å². The van der Waals surface area contributed by atoms with Crippen LogP contribution in [0.2, 0.25) is 0 Å². The Balaban J connectivity index is 1.90. The van der Waals surface area contributed by atoms with Crippen LogP contribution in [0.15, 0.2) is 59.5 Å². The van der Waals surface area contributed by atoms with Crippen LogP contribution in [-0.2, 0) is 6.42 Å². The van der Waals surface area contributed by atoms with Crippen LogP contribution in [0.4, 0.5) is 17.1 Å². The zero-order chi connectivity index (χ0) is 19.8. The van der Waals surface area contributed by atoms with Crippen LogP contribution in [0.25, 0.3) is 0 Å². The second-order valence-corrected chi connectivity index (χ2v) is 7.18. The highest BCUT2D eigenvalue weighted by Gasteiger charge is 2.34. The molecule has 0 bridgehead atoms. The number of hydrogen-bond acceptors (Lipinski definition) is 6. The molecule has 6 heteroatoms. The maximum absolute atomic E-state index is 13.2. The van der Waals surface area contributed by atoms with Crippen molar-refractivity contribution in [1.82, 2.24) is 0 Å². The van der Waals surface area contributed by atoms with Crippen molar-refractivity contribution in [3.8, 4) is 0 Å². The summed E-state index contributed by atoms with van der Waals surface area (Å²) in [5.74, 6) is -0.581. The normalized spacial score (nSPS) is 12.5. The lowest BCUT2D eigenvalue weighted by Crippen LogP contribution is -2.24. The summed E-state index contributed by atoms with van der Waals surface area (Å²) in [6.07, 6.45) is 0.923. The molecule has 0 saturated heterocycles. The molecule has 3 aromatic rings. The molecule has 140 valence electrons. The van der Waals surface area contributed by atoms with Crippen LogP contribution in [0.1, 0.15) is 44.3 Å². The van der Waals surface area contributed by atoms with Gasteiger partial charge < -0.3 is 15.6 Å². The number of ketones is 2. The maximum atomic E-state index is 13.2. The highest BCUT2D eigenvalue weighted by molar-refractivity contribution is 7.94. The minimum Gasteiger partial charge on any atom is -0.397 e. The number of nitrogen functional groups attached to an aromatic ring is 1. The van der Waals surface area contributed by atoms with Gasteiger partial charge in [0.2, 0.25) is 0 Å². The Kier molecular flexibility index (Phi) is 4.66. The van der Waals surface area contributed by atoms with Gasteiger partial charge in [-0.15, -0.1) is 0 Å². The Morgan fingerprint density at radius 1 is 0.964 bits per heavy atom. The number of carbonyl (C=O) groups is 2. The molecule has 0 spiro atoms. The monoisotopic (exact) mass is 390 g/mol. The smallest absolute Gasteiger partial charge is 0.196 e. The summed E-state index contributed by atoms with van der Waals surface area (Å²) in [5, 5.41) is 3.21. The van der Waals surface area contributed by atoms with Crippen molar-refractivity contribution >= 4 is 40.7 Å². The second-order valence-electron chi connectivity index (χ2n) is 6.56. The molecule has 0 radical (unpaired) electrons. The minimum absolute atomic E-state index is 0.113. The number of aryl methyl sites for hydroxylation is 1. The number of rotatable bonds is 4. The number of benzene rings is 3. The van der Waals surface area contributed by atoms with Crippen LogP contribution in [0, 0.1) is 0 Å². The topological polar surface area (TPSA) is 92.4 Å². The van der Waals surface area contributed by atoms with E-state index in [9.17, 15) is 14.1 Å². The average molecular weight is 390 g/mol. The molecule has 0 saturated carbocycles. The van der Waals surface area contributed by atoms with Gasteiger partial charge >= 0.3 is 0 Å². The van der Waals surface area contributed by atoms with E-state index in [1.165, 1.54) is 5.56 Å². The van der Waals surface area contributed by atoms with E-state index in [2.05, 4.69) is 12.2 Å². The number of nitrogens with two attached hydrogens (primary N) is 1. The van der Waals surface area contributed by atoms with E-state index in [-0.39, 0.29) is 28.4 Å². The number of carbonyl (C=O) groups excluding carboxylic acids is 2. The summed E-state index contributed by atoms with van der Waals surface area (Å²) in [6.45, 7) is 2.07. The second kappa shape index (κ2) is 7.14. The quantitative estimate of drug-likeness (QED) is 0.338. The third-order valence-electron chi connectivity index (χ3n) is 4.94. The van der Waals surface area contributed by atoms with Crippen LogP contribution >= 0.6 is 12.0 Å². The molecule has 0 fully saturated rings. The molecule has 0 amide bonds. The third-order valence-corrected chi connectivity index (χ3v) is 5.47. The first-order chi connectivity index (χ1) is 13.5. The minimum atomic E-state index is -0.317. The Hall–Kier alpha value is -3.09. The van der Waals surface area contributed by atoms with Gasteiger partial charge in [0.1, 0.15) is 0 Å². The summed E-state index contributed by atoms with van der Waals surface area (Å²) in [4.78, 5) is 26.6. The van der Waals surface area contributed by atoms with Gasteiger partial charge in [0.25, 0.3) is 0 Å². The van der Waals surface area contributed by atoms with E-state index in [0.717, 1.165) is 12.1 Å². The summed E-state index contributed by atoms with van der Waals surface area (Å²) < 4.78 is 9.64. The maximum Gasteiger partial charge on any atom is 0.196 e. The molecule has 1 aliphatic rings. The molecule has 1 aliphatic carbocycles. The molecule has 0 aliphatic heterocycles. The molecule has 0 unspecified atom stereocenters. The lowest BCUT2D eigenvalue weighted by Gasteiger charge is -2.23. The van der Waals surface area contributed by atoms with Gasteiger partial charge in [0.15, 0.2) is 11.6 Å². The lowest BCUT2D eigenvalue weighted by molar-refractivity contribution is 0.0980. The van der Waals surface area contributed by atoms with Crippen molar-refractivity contribution in [2.45, 2.75) is 18.2 Å². The van der Waals surface area contributed by atoms with Gasteiger partial charge in [-0.05, 0) is 30.2 Å². The van der Waals surface area contributed by atoms with Crippen molar-refractivity contribution in [3.63, 3.8) is 0 Å². The fourth-order valence-electron chi connectivity index (χ4n) is 3.45. The third kappa shape index (κ3) is 2.87.